The predicted molar refractivity (Wildman–Crippen MR) is 90.8 cm³/mol. The molecular formula is C15H17N5O4S. The number of rotatable bonds is 4. The fourth-order valence-corrected chi connectivity index (χ4v) is 4.37. The number of nitrogens with zero attached hydrogens (tertiary/aromatic N) is 5. The predicted octanol–water partition coefficient (Wildman–Crippen LogP) is 1.20. The third-order valence-corrected chi connectivity index (χ3v) is 6.11. The molecule has 1 saturated heterocycles. The summed E-state index contributed by atoms with van der Waals surface area (Å²) in [5.41, 5.74) is 0.250. The van der Waals surface area contributed by atoms with Gasteiger partial charge in [-0.3, -0.25) is 10.1 Å². The van der Waals surface area contributed by atoms with Crippen molar-refractivity contribution in [1.82, 2.24) is 14.3 Å². The Kier molecular flexibility index (Phi) is 4.64. The lowest BCUT2D eigenvalue weighted by atomic mass is 10.2. The van der Waals surface area contributed by atoms with Crippen molar-refractivity contribution in [2.75, 3.05) is 31.1 Å². The molecule has 1 aliphatic heterocycles. The van der Waals surface area contributed by atoms with Gasteiger partial charge >= 0.3 is 0 Å². The lowest BCUT2D eigenvalue weighted by molar-refractivity contribution is -0.385. The second kappa shape index (κ2) is 6.73. The molecule has 0 unspecified atom stereocenters. The van der Waals surface area contributed by atoms with Gasteiger partial charge in [-0.2, -0.15) is 4.31 Å². The molecule has 0 radical (unpaired) electrons. The Morgan fingerprint density at radius 2 is 1.76 bits per heavy atom. The number of aryl methyl sites for hydroxylation is 1. The number of hydrogen-bond donors (Lipinski definition) is 0. The molecule has 1 fully saturated rings. The van der Waals surface area contributed by atoms with Crippen molar-refractivity contribution in [1.29, 1.82) is 0 Å². The Bertz CT molecular complexity index is 880. The summed E-state index contributed by atoms with van der Waals surface area (Å²) in [5, 5.41) is 10.9. The maximum Gasteiger partial charge on any atom is 0.270 e. The SMILES string of the molecule is Cc1ccc([N+](=O)[O-])cc1S(=O)(=O)N1CCN(c2ncccn2)CC1. The topological polar surface area (TPSA) is 110 Å². The summed E-state index contributed by atoms with van der Waals surface area (Å²) in [4.78, 5) is 20.6. The average molecular weight is 363 g/mol. The summed E-state index contributed by atoms with van der Waals surface area (Å²) in [6, 6.07) is 5.60. The van der Waals surface area contributed by atoms with Gasteiger partial charge in [0, 0.05) is 50.7 Å². The molecule has 1 aromatic heterocycles. The summed E-state index contributed by atoms with van der Waals surface area (Å²) in [5.74, 6) is 0.561. The maximum atomic E-state index is 12.9. The van der Waals surface area contributed by atoms with Crippen LogP contribution in [0, 0.1) is 17.0 Å². The Labute approximate surface area is 145 Å². The number of anilines is 1. The van der Waals surface area contributed by atoms with Crippen LogP contribution in [0.2, 0.25) is 0 Å². The van der Waals surface area contributed by atoms with Crippen LogP contribution in [0.1, 0.15) is 5.56 Å². The number of benzene rings is 1. The monoisotopic (exact) mass is 363 g/mol. The Balaban J connectivity index is 1.81. The van der Waals surface area contributed by atoms with Gasteiger partial charge in [-0.1, -0.05) is 6.07 Å². The minimum atomic E-state index is -3.79. The van der Waals surface area contributed by atoms with Gasteiger partial charge in [-0.15, -0.1) is 0 Å². The number of hydrogen-bond acceptors (Lipinski definition) is 7. The Morgan fingerprint density at radius 1 is 1.12 bits per heavy atom. The molecule has 25 heavy (non-hydrogen) atoms. The third-order valence-electron chi connectivity index (χ3n) is 4.07. The van der Waals surface area contributed by atoms with Crippen LogP contribution in [0.5, 0.6) is 0 Å². The van der Waals surface area contributed by atoms with Crippen LogP contribution in [0.25, 0.3) is 0 Å². The van der Waals surface area contributed by atoms with Gasteiger partial charge in [0.2, 0.25) is 16.0 Å². The van der Waals surface area contributed by atoms with Crippen LogP contribution in [0.3, 0.4) is 0 Å². The molecule has 1 aromatic carbocycles. The summed E-state index contributed by atoms with van der Waals surface area (Å²) < 4.78 is 27.1. The van der Waals surface area contributed by atoms with Gasteiger partial charge in [0.1, 0.15) is 0 Å². The zero-order chi connectivity index (χ0) is 18.0. The lowest BCUT2D eigenvalue weighted by Crippen LogP contribution is -2.49. The van der Waals surface area contributed by atoms with Gasteiger partial charge in [-0.05, 0) is 18.6 Å². The number of nitro groups is 1. The molecule has 2 heterocycles. The van der Waals surface area contributed by atoms with E-state index >= 15 is 0 Å². The highest BCUT2D eigenvalue weighted by atomic mass is 32.2. The second-order valence-corrected chi connectivity index (χ2v) is 7.55. The first-order valence-corrected chi connectivity index (χ1v) is 9.11. The minimum absolute atomic E-state index is 0.0221. The summed E-state index contributed by atoms with van der Waals surface area (Å²) >= 11 is 0. The molecule has 0 saturated carbocycles. The molecule has 0 amide bonds. The average Bonchev–Trinajstić information content (AvgIpc) is 2.62. The van der Waals surface area contributed by atoms with Crippen molar-refractivity contribution < 1.29 is 13.3 Å². The Morgan fingerprint density at radius 3 is 2.36 bits per heavy atom. The molecule has 3 rings (SSSR count). The number of sulfonamides is 1. The van der Waals surface area contributed by atoms with E-state index in [1.807, 2.05) is 4.90 Å². The highest BCUT2D eigenvalue weighted by Crippen LogP contribution is 2.26. The van der Waals surface area contributed by atoms with E-state index in [9.17, 15) is 18.5 Å². The van der Waals surface area contributed by atoms with E-state index in [4.69, 9.17) is 0 Å². The van der Waals surface area contributed by atoms with Gasteiger partial charge in [0.15, 0.2) is 0 Å². The second-order valence-electron chi connectivity index (χ2n) is 5.65. The van der Waals surface area contributed by atoms with Crippen LogP contribution < -0.4 is 4.90 Å². The van der Waals surface area contributed by atoms with Crippen molar-refractivity contribution >= 4 is 21.7 Å². The number of piperazine rings is 1. The van der Waals surface area contributed by atoms with Gasteiger partial charge in [-0.25, -0.2) is 18.4 Å². The standard InChI is InChI=1S/C15H17N5O4S/c1-12-3-4-13(20(21)22)11-14(12)25(23,24)19-9-7-18(8-10-19)15-16-5-2-6-17-15/h2-6,11H,7-10H2,1H3. The molecule has 0 atom stereocenters. The van der Waals surface area contributed by atoms with E-state index in [2.05, 4.69) is 9.97 Å². The molecule has 10 heteroatoms. The van der Waals surface area contributed by atoms with Crippen molar-refractivity contribution in [3.8, 4) is 0 Å². The fourth-order valence-electron chi connectivity index (χ4n) is 2.70. The van der Waals surface area contributed by atoms with Crippen molar-refractivity contribution in [2.45, 2.75) is 11.8 Å². The molecule has 2 aromatic rings. The van der Waals surface area contributed by atoms with Crippen LogP contribution in [-0.2, 0) is 10.0 Å². The van der Waals surface area contributed by atoms with Crippen molar-refractivity contribution in [3.05, 3.63) is 52.3 Å². The fraction of sp³-hybridized carbons (Fsp3) is 0.333. The first-order valence-electron chi connectivity index (χ1n) is 7.67. The van der Waals surface area contributed by atoms with Gasteiger partial charge in [0.25, 0.3) is 5.69 Å². The third kappa shape index (κ3) is 3.44. The molecule has 9 nitrogen and oxygen atoms in total. The van der Waals surface area contributed by atoms with Crippen LogP contribution >= 0.6 is 0 Å². The van der Waals surface area contributed by atoms with E-state index in [0.29, 0.717) is 24.6 Å². The van der Waals surface area contributed by atoms with Gasteiger partial charge < -0.3 is 4.90 Å². The minimum Gasteiger partial charge on any atom is -0.338 e. The summed E-state index contributed by atoms with van der Waals surface area (Å²) in [6.07, 6.45) is 3.27. The van der Waals surface area contributed by atoms with Crippen LogP contribution in [-0.4, -0.2) is 53.8 Å². The number of non-ortho nitro benzene ring substituents is 1. The highest BCUT2D eigenvalue weighted by Gasteiger charge is 2.31. The van der Waals surface area contributed by atoms with E-state index < -0.39 is 14.9 Å². The molecule has 0 spiro atoms. The van der Waals surface area contributed by atoms with Gasteiger partial charge in [0.05, 0.1) is 9.82 Å². The van der Waals surface area contributed by atoms with E-state index in [0.717, 1.165) is 6.07 Å². The number of aromatic nitrogens is 2. The molecule has 0 bridgehead atoms. The quantitative estimate of drug-likeness (QED) is 0.593. The molecular weight excluding hydrogens is 346 g/mol. The molecule has 0 aliphatic carbocycles. The first kappa shape index (κ1) is 17.2. The van der Waals surface area contributed by atoms with Crippen molar-refractivity contribution in [2.24, 2.45) is 0 Å². The lowest BCUT2D eigenvalue weighted by Gasteiger charge is -2.34. The van der Waals surface area contributed by atoms with Crippen molar-refractivity contribution in [3.63, 3.8) is 0 Å². The zero-order valence-electron chi connectivity index (χ0n) is 13.6. The zero-order valence-corrected chi connectivity index (χ0v) is 14.4. The van der Waals surface area contributed by atoms with Crippen LogP contribution in [0.15, 0.2) is 41.6 Å². The summed E-state index contributed by atoms with van der Waals surface area (Å²) in [6.45, 7) is 3.07. The maximum absolute atomic E-state index is 12.9. The molecule has 0 N–H and O–H groups in total. The Hall–Kier alpha value is -2.59. The molecule has 1 aliphatic rings. The molecule has 132 valence electrons. The van der Waals surface area contributed by atoms with Crippen LogP contribution in [0.4, 0.5) is 11.6 Å². The highest BCUT2D eigenvalue weighted by molar-refractivity contribution is 7.89. The van der Waals surface area contributed by atoms with E-state index in [1.54, 1.807) is 25.4 Å². The van der Waals surface area contributed by atoms with E-state index in [-0.39, 0.29) is 23.7 Å². The largest absolute Gasteiger partial charge is 0.338 e. The van der Waals surface area contributed by atoms with E-state index in [1.165, 1.54) is 16.4 Å². The number of nitro benzene ring substituents is 1. The first-order chi connectivity index (χ1) is 11.9. The smallest absolute Gasteiger partial charge is 0.270 e. The normalized spacial score (nSPS) is 16.0. The summed E-state index contributed by atoms with van der Waals surface area (Å²) in [7, 11) is -3.79.